The van der Waals surface area contributed by atoms with E-state index in [-0.39, 0.29) is 10.7 Å². The fourth-order valence-electron chi connectivity index (χ4n) is 1.78. The number of benzene rings is 1. The first kappa shape index (κ1) is 14.3. The van der Waals surface area contributed by atoms with Crippen LogP contribution in [-0.4, -0.2) is 24.0 Å². The van der Waals surface area contributed by atoms with Crippen molar-refractivity contribution in [2.24, 2.45) is 7.05 Å². The molecule has 0 amide bonds. The van der Waals surface area contributed by atoms with Crippen LogP contribution < -0.4 is 4.72 Å². The van der Waals surface area contributed by atoms with Gasteiger partial charge in [0.15, 0.2) is 5.78 Å². The standard InChI is InChI=1S/C13H15N3O3S/c1-9-7-13(16(3)14-9)15-20(18,19)12-6-4-5-11(8-12)10(2)17/h4-8,15H,1-3H3. The van der Waals surface area contributed by atoms with Gasteiger partial charge in [0.25, 0.3) is 10.0 Å². The summed E-state index contributed by atoms with van der Waals surface area (Å²) in [6, 6.07) is 7.55. The lowest BCUT2D eigenvalue weighted by atomic mass is 10.2. The van der Waals surface area contributed by atoms with Gasteiger partial charge < -0.3 is 0 Å². The van der Waals surface area contributed by atoms with Crippen LogP contribution in [0.25, 0.3) is 0 Å². The van der Waals surface area contributed by atoms with Crippen LogP contribution in [0.5, 0.6) is 0 Å². The zero-order valence-electron chi connectivity index (χ0n) is 11.4. The van der Waals surface area contributed by atoms with Gasteiger partial charge in [0.05, 0.1) is 10.6 Å². The molecular formula is C13H15N3O3S. The minimum atomic E-state index is -3.74. The number of aryl methyl sites for hydroxylation is 2. The van der Waals surface area contributed by atoms with Gasteiger partial charge in [0, 0.05) is 18.7 Å². The maximum atomic E-state index is 12.3. The van der Waals surface area contributed by atoms with Gasteiger partial charge in [-0.15, -0.1) is 0 Å². The normalized spacial score (nSPS) is 11.3. The Hall–Kier alpha value is -2.15. The van der Waals surface area contributed by atoms with Crippen molar-refractivity contribution < 1.29 is 13.2 Å². The van der Waals surface area contributed by atoms with E-state index in [1.54, 1.807) is 32.2 Å². The number of rotatable bonds is 4. The topological polar surface area (TPSA) is 81.1 Å². The van der Waals surface area contributed by atoms with Crippen molar-refractivity contribution >= 4 is 21.6 Å². The maximum absolute atomic E-state index is 12.3. The summed E-state index contributed by atoms with van der Waals surface area (Å²) in [5, 5.41) is 4.07. The number of hydrogen-bond acceptors (Lipinski definition) is 4. The molecule has 0 aliphatic rings. The van der Waals surface area contributed by atoms with Crippen LogP contribution in [0.2, 0.25) is 0 Å². The van der Waals surface area contributed by atoms with Gasteiger partial charge in [-0.1, -0.05) is 12.1 Å². The molecule has 2 rings (SSSR count). The largest absolute Gasteiger partial charge is 0.295 e. The molecule has 0 spiro atoms. The summed E-state index contributed by atoms with van der Waals surface area (Å²) in [4.78, 5) is 11.4. The molecule has 0 bridgehead atoms. The molecule has 1 N–H and O–H groups in total. The molecule has 1 aromatic heterocycles. The zero-order chi connectivity index (χ0) is 14.9. The zero-order valence-corrected chi connectivity index (χ0v) is 12.2. The van der Waals surface area contributed by atoms with Gasteiger partial charge in [-0.3, -0.25) is 14.2 Å². The second kappa shape index (κ2) is 5.09. The minimum Gasteiger partial charge on any atom is -0.295 e. The first-order chi connectivity index (χ1) is 9.29. The number of carbonyl (C=O) groups is 1. The Morgan fingerprint density at radius 1 is 1.30 bits per heavy atom. The van der Waals surface area contributed by atoms with Crippen LogP contribution in [0.1, 0.15) is 23.0 Å². The molecule has 0 aliphatic carbocycles. The van der Waals surface area contributed by atoms with Crippen molar-refractivity contribution in [1.29, 1.82) is 0 Å². The van der Waals surface area contributed by atoms with E-state index >= 15 is 0 Å². The second-order valence-electron chi connectivity index (χ2n) is 4.48. The quantitative estimate of drug-likeness (QED) is 0.870. The van der Waals surface area contributed by atoms with Gasteiger partial charge in [-0.25, -0.2) is 8.42 Å². The fraction of sp³-hybridized carbons (Fsp3) is 0.231. The van der Waals surface area contributed by atoms with Crippen molar-refractivity contribution in [3.63, 3.8) is 0 Å². The SMILES string of the molecule is CC(=O)c1cccc(S(=O)(=O)Nc2cc(C)nn2C)c1. The Morgan fingerprint density at radius 2 is 2.00 bits per heavy atom. The summed E-state index contributed by atoms with van der Waals surface area (Å²) in [6.45, 7) is 3.16. The molecule has 0 fully saturated rings. The van der Waals surface area contributed by atoms with Crippen molar-refractivity contribution in [2.45, 2.75) is 18.7 Å². The van der Waals surface area contributed by atoms with Gasteiger partial charge in [0.1, 0.15) is 5.82 Å². The number of sulfonamides is 1. The first-order valence-electron chi connectivity index (χ1n) is 5.94. The number of Topliss-reactive ketones (excluding diaryl/α,β-unsaturated/α-hetero) is 1. The number of nitrogens with one attached hydrogen (secondary N) is 1. The Balaban J connectivity index is 2.38. The highest BCUT2D eigenvalue weighted by Crippen LogP contribution is 2.17. The number of hydrogen-bond donors (Lipinski definition) is 1. The Labute approximate surface area is 117 Å². The van der Waals surface area contributed by atoms with Crippen molar-refractivity contribution in [3.8, 4) is 0 Å². The third-order valence-electron chi connectivity index (χ3n) is 2.79. The molecule has 1 heterocycles. The highest BCUT2D eigenvalue weighted by Gasteiger charge is 2.17. The van der Waals surface area contributed by atoms with Crippen LogP contribution >= 0.6 is 0 Å². The molecule has 1 aromatic carbocycles. The van der Waals surface area contributed by atoms with Gasteiger partial charge in [-0.2, -0.15) is 5.10 Å². The number of ketones is 1. The highest BCUT2D eigenvalue weighted by molar-refractivity contribution is 7.92. The predicted molar refractivity (Wildman–Crippen MR) is 75.2 cm³/mol. The Kier molecular flexibility index (Phi) is 3.63. The summed E-state index contributed by atoms with van der Waals surface area (Å²) in [5.74, 6) is 0.189. The third-order valence-corrected chi connectivity index (χ3v) is 4.14. The summed E-state index contributed by atoms with van der Waals surface area (Å²) >= 11 is 0. The van der Waals surface area contributed by atoms with Gasteiger partial charge in [-0.05, 0) is 26.0 Å². The molecule has 0 saturated carbocycles. The van der Waals surface area contributed by atoms with E-state index in [2.05, 4.69) is 9.82 Å². The molecule has 0 saturated heterocycles. The van der Waals surface area contributed by atoms with E-state index in [4.69, 9.17) is 0 Å². The van der Waals surface area contributed by atoms with Crippen LogP contribution in [0, 0.1) is 6.92 Å². The molecule has 2 aromatic rings. The number of anilines is 1. The fourth-order valence-corrected chi connectivity index (χ4v) is 2.91. The first-order valence-corrected chi connectivity index (χ1v) is 7.42. The molecule has 20 heavy (non-hydrogen) atoms. The van der Waals surface area contributed by atoms with E-state index in [0.717, 1.165) is 0 Å². The third kappa shape index (κ3) is 2.88. The van der Waals surface area contributed by atoms with E-state index in [9.17, 15) is 13.2 Å². The van der Waals surface area contributed by atoms with Crippen LogP contribution in [0.3, 0.4) is 0 Å². The van der Waals surface area contributed by atoms with Crippen molar-refractivity contribution in [2.75, 3.05) is 4.72 Å². The second-order valence-corrected chi connectivity index (χ2v) is 6.17. The Morgan fingerprint density at radius 3 is 2.55 bits per heavy atom. The summed E-state index contributed by atoms with van der Waals surface area (Å²) in [6.07, 6.45) is 0. The summed E-state index contributed by atoms with van der Waals surface area (Å²) in [7, 11) is -2.09. The minimum absolute atomic E-state index is 0.0454. The highest BCUT2D eigenvalue weighted by atomic mass is 32.2. The molecule has 6 nitrogen and oxygen atoms in total. The number of carbonyl (C=O) groups excluding carboxylic acids is 1. The molecule has 0 atom stereocenters. The lowest BCUT2D eigenvalue weighted by molar-refractivity contribution is 0.101. The number of aromatic nitrogens is 2. The maximum Gasteiger partial charge on any atom is 0.263 e. The van der Waals surface area contributed by atoms with E-state index in [0.29, 0.717) is 17.1 Å². The predicted octanol–water partition coefficient (Wildman–Crippen LogP) is 1.73. The summed E-state index contributed by atoms with van der Waals surface area (Å²) < 4.78 is 28.4. The van der Waals surface area contributed by atoms with Crippen molar-refractivity contribution in [3.05, 3.63) is 41.6 Å². The van der Waals surface area contributed by atoms with E-state index in [1.807, 2.05) is 0 Å². The van der Waals surface area contributed by atoms with Crippen LogP contribution in [0.4, 0.5) is 5.82 Å². The van der Waals surface area contributed by atoms with Gasteiger partial charge in [0.2, 0.25) is 0 Å². The van der Waals surface area contributed by atoms with E-state index in [1.165, 1.54) is 23.7 Å². The van der Waals surface area contributed by atoms with Crippen LogP contribution in [-0.2, 0) is 17.1 Å². The lowest BCUT2D eigenvalue weighted by Gasteiger charge is -2.08. The lowest BCUT2D eigenvalue weighted by Crippen LogP contribution is -2.15. The molecule has 0 unspecified atom stereocenters. The van der Waals surface area contributed by atoms with Crippen LogP contribution in [0.15, 0.2) is 35.2 Å². The molecule has 0 radical (unpaired) electrons. The molecule has 0 aliphatic heterocycles. The van der Waals surface area contributed by atoms with Gasteiger partial charge >= 0.3 is 0 Å². The molecule has 106 valence electrons. The number of nitrogens with zero attached hydrogens (tertiary/aromatic N) is 2. The van der Waals surface area contributed by atoms with E-state index < -0.39 is 10.0 Å². The molecule has 7 heteroatoms. The van der Waals surface area contributed by atoms with Crippen molar-refractivity contribution in [1.82, 2.24) is 9.78 Å². The molecular weight excluding hydrogens is 278 g/mol. The average molecular weight is 293 g/mol. The monoisotopic (exact) mass is 293 g/mol. The Bertz CT molecular complexity index is 763. The summed E-state index contributed by atoms with van der Waals surface area (Å²) in [5.41, 5.74) is 1.07. The average Bonchev–Trinajstić information content (AvgIpc) is 2.67. The smallest absolute Gasteiger partial charge is 0.263 e.